The summed E-state index contributed by atoms with van der Waals surface area (Å²) in [7, 11) is 0. The van der Waals surface area contributed by atoms with Gasteiger partial charge in [0.05, 0.1) is 0 Å². The molecule has 4 N–H and O–H groups in total. The molecule has 1 saturated carbocycles. The number of hydrogen-bond donors (Lipinski definition) is 3. The molecule has 104 valence electrons. The van der Waals surface area contributed by atoms with Crippen molar-refractivity contribution < 1.29 is 4.79 Å². The van der Waals surface area contributed by atoms with Crippen LogP contribution in [-0.4, -0.2) is 12.6 Å². The lowest BCUT2D eigenvalue weighted by molar-refractivity contribution is 0.249. The van der Waals surface area contributed by atoms with E-state index in [0.717, 1.165) is 17.8 Å². The van der Waals surface area contributed by atoms with Gasteiger partial charge in [-0.1, -0.05) is 25.5 Å². The average molecular weight is 261 g/mol. The van der Waals surface area contributed by atoms with Gasteiger partial charge in [-0.3, -0.25) is 0 Å². The molecule has 1 aliphatic carbocycles. The minimum Gasteiger partial charge on any atom is -0.337 e. The quantitative estimate of drug-likeness (QED) is 0.737. The van der Waals surface area contributed by atoms with Crippen LogP contribution in [-0.2, 0) is 6.54 Å². The van der Waals surface area contributed by atoms with Crippen molar-refractivity contribution >= 4 is 11.7 Å². The molecule has 1 aliphatic rings. The first-order valence-electron chi connectivity index (χ1n) is 7.01. The second kappa shape index (κ2) is 6.06. The molecule has 0 spiro atoms. The molecule has 1 fully saturated rings. The summed E-state index contributed by atoms with van der Waals surface area (Å²) >= 11 is 0. The minimum atomic E-state index is -0.122. The van der Waals surface area contributed by atoms with E-state index in [4.69, 9.17) is 5.73 Å². The van der Waals surface area contributed by atoms with Gasteiger partial charge in [-0.25, -0.2) is 4.79 Å². The van der Waals surface area contributed by atoms with Crippen LogP contribution in [0.4, 0.5) is 10.5 Å². The molecule has 0 unspecified atom stereocenters. The Morgan fingerprint density at radius 1 is 1.32 bits per heavy atom. The second-order valence-electron chi connectivity index (χ2n) is 5.46. The monoisotopic (exact) mass is 261 g/mol. The maximum absolute atomic E-state index is 11.8. The lowest BCUT2D eigenvalue weighted by atomic mass is 10.0. The molecule has 0 aliphatic heterocycles. The van der Waals surface area contributed by atoms with Gasteiger partial charge in [-0.15, -0.1) is 0 Å². The van der Waals surface area contributed by atoms with Gasteiger partial charge in [-0.05, 0) is 42.4 Å². The molecule has 0 aromatic heterocycles. The van der Waals surface area contributed by atoms with Gasteiger partial charge in [0, 0.05) is 18.8 Å². The van der Waals surface area contributed by atoms with Gasteiger partial charge in [0.2, 0.25) is 0 Å². The predicted molar refractivity (Wildman–Crippen MR) is 77.9 cm³/mol. The number of nitrogens with two attached hydrogens (primary N) is 1. The molecule has 2 amide bonds. The molecule has 4 nitrogen and oxygen atoms in total. The Balaban J connectivity index is 1.77. The number of rotatable bonds is 6. The van der Waals surface area contributed by atoms with E-state index in [2.05, 4.69) is 17.6 Å². The van der Waals surface area contributed by atoms with Gasteiger partial charge in [0.1, 0.15) is 0 Å². The Hall–Kier alpha value is -1.55. The number of benzene rings is 1. The highest BCUT2D eigenvalue weighted by Crippen LogP contribution is 2.48. The highest BCUT2D eigenvalue weighted by Gasteiger charge is 2.41. The Bertz CT molecular complexity index is 424. The first-order valence-corrected chi connectivity index (χ1v) is 7.01. The van der Waals surface area contributed by atoms with E-state index in [-0.39, 0.29) is 6.03 Å². The highest BCUT2D eigenvalue weighted by molar-refractivity contribution is 5.89. The molecule has 1 aromatic rings. The van der Waals surface area contributed by atoms with Gasteiger partial charge < -0.3 is 16.4 Å². The topological polar surface area (TPSA) is 67.2 Å². The summed E-state index contributed by atoms with van der Waals surface area (Å²) in [6, 6.07) is 7.48. The van der Waals surface area contributed by atoms with Gasteiger partial charge in [0.15, 0.2) is 0 Å². The van der Waals surface area contributed by atoms with E-state index < -0.39 is 0 Å². The van der Waals surface area contributed by atoms with E-state index in [9.17, 15) is 4.79 Å². The third-order valence-corrected chi connectivity index (χ3v) is 3.81. The molecule has 0 bridgehead atoms. The first kappa shape index (κ1) is 13.9. The third-order valence-electron chi connectivity index (χ3n) is 3.81. The van der Waals surface area contributed by atoms with Crippen molar-refractivity contribution in [3.63, 3.8) is 0 Å². The van der Waals surface area contributed by atoms with Crippen LogP contribution in [0.25, 0.3) is 0 Å². The van der Waals surface area contributed by atoms with Crippen LogP contribution in [0.5, 0.6) is 0 Å². The van der Waals surface area contributed by atoms with Crippen molar-refractivity contribution in [1.29, 1.82) is 0 Å². The van der Waals surface area contributed by atoms with Crippen LogP contribution in [0, 0.1) is 5.41 Å². The Morgan fingerprint density at radius 3 is 2.53 bits per heavy atom. The summed E-state index contributed by atoms with van der Waals surface area (Å²) in [6.07, 6.45) is 4.88. The summed E-state index contributed by atoms with van der Waals surface area (Å²) in [5, 5.41) is 5.82. The number of carbonyl (C=O) groups excluding carboxylic acids is 1. The molecular formula is C15H23N3O. The molecular weight excluding hydrogens is 238 g/mol. The average Bonchev–Trinajstić information content (AvgIpc) is 3.18. The number of nitrogens with one attached hydrogen (secondary N) is 2. The van der Waals surface area contributed by atoms with Crippen molar-refractivity contribution in [3.8, 4) is 0 Å². The SMILES string of the molecule is CCCC1(CNC(=O)Nc2ccc(CN)cc2)CC1. The van der Waals surface area contributed by atoms with E-state index >= 15 is 0 Å². The summed E-state index contributed by atoms with van der Waals surface area (Å²) in [6.45, 7) is 3.50. The minimum absolute atomic E-state index is 0.122. The van der Waals surface area contributed by atoms with Crippen molar-refractivity contribution in [2.75, 3.05) is 11.9 Å². The lowest BCUT2D eigenvalue weighted by Crippen LogP contribution is -2.33. The normalized spacial score (nSPS) is 15.9. The molecule has 4 heteroatoms. The van der Waals surface area contributed by atoms with Crippen LogP contribution in [0.1, 0.15) is 38.2 Å². The largest absolute Gasteiger partial charge is 0.337 e. The summed E-state index contributed by atoms with van der Waals surface area (Å²) < 4.78 is 0. The number of hydrogen-bond acceptors (Lipinski definition) is 2. The van der Waals surface area contributed by atoms with E-state index in [1.54, 1.807) is 0 Å². The number of urea groups is 1. The maximum atomic E-state index is 11.8. The second-order valence-corrected chi connectivity index (χ2v) is 5.46. The zero-order chi connectivity index (χ0) is 13.7. The zero-order valence-electron chi connectivity index (χ0n) is 11.5. The molecule has 1 aromatic carbocycles. The first-order chi connectivity index (χ1) is 9.17. The van der Waals surface area contributed by atoms with Crippen LogP contribution in [0.3, 0.4) is 0 Å². The smallest absolute Gasteiger partial charge is 0.319 e. The molecule has 0 heterocycles. The summed E-state index contributed by atoms with van der Waals surface area (Å²) in [5.74, 6) is 0. The number of amides is 2. The zero-order valence-corrected chi connectivity index (χ0v) is 11.5. The lowest BCUT2D eigenvalue weighted by Gasteiger charge is -2.15. The van der Waals surface area contributed by atoms with Crippen molar-refractivity contribution in [3.05, 3.63) is 29.8 Å². The van der Waals surface area contributed by atoms with Crippen molar-refractivity contribution in [2.45, 2.75) is 39.2 Å². The van der Waals surface area contributed by atoms with Gasteiger partial charge in [0.25, 0.3) is 0 Å². The predicted octanol–water partition coefficient (Wildman–Crippen LogP) is 2.85. The van der Waals surface area contributed by atoms with Gasteiger partial charge in [-0.2, -0.15) is 0 Å². The highest BCUT2D eigenvalue weighted by atomic mass is 16.2. The van der Waals surface area contributed by atoms with E-state index in [1.165, 1.54) is 25.7 Å². The maximum Gasteiger partial charge on any atom is 0.319 e. The molecule has 0 atom stereocenters. The Labute approximate surface area is 114 Å². The summed E-state index contributed by atoms with van der Waals surface area (Å²) in [4.78, 5) is 11.8. The fraction of sp³-hybridized carbons (Fsp3) is 0.533. The van der Waals surface area contributed by atoms with Crippen molar-refractivity contribution in [2.24, 2.45) is 11.1 Å². The standard InChI is InChI=1S/C15H23N3O/c1-2-7-15(8-9-15)11-17-14(19)18-13-5-3-12(10-16)4-6-13/h3-6H,2,7-11,16H2,1H3,(H2,17,18,19). The summed E-state index contributed by atoms with van der Waals surface area (Å²) in [5.41, 5.74) is 7.78. The van der Waals surface area contributed by atoms with Crippen LogP contribution in [0.15, 0.2) is 24.3 Å². The Kier molecular flexibility index (Phi) is 4.43. The molecule has 19 heavy (non-hydrogen) atoms. The third kappa shape index (κ3) is 3.96. The molecule has 0 saturated heterocycles. The Morgan fingerprint density at radius 2 is 2.00 bits per heavy atom. The van der Waals surface area contributed by atoms with E-state index in [0.29, 0.717) is 12.0 Å². The van der Waals surface area contributed by atoms with Crippen LogP contribution in [0.2, 0.25) is 0 Å². The van der Waals surface area contributed by atoms with Gasteiger partial charge >= 0.3 is 6.03 Å². The number of carbonyl (C=O) groups is 1. The number of anilines is 1. The van der Waals surface area contributed by atoms with Crippen LogP contribution < -0.4 is 16.4 Å². The molecule has 0 radical (unpaired) electrons. The molecule has 2 rings (SSSR count). The van der Waals surface area contributed by atoms with E-state index in [1.807, 2.05) is 24.3 Å². The van der Waals surface area contributed by atoms with Crippen molar-refractivity contribution in [1.82, 2.24) is 5.32 Å². The fourth-order valence-electron chi connectivity index (χ4n) is 2.39. The van der Waals surface area contributed by atoms with Crippen LogP contribution >= 0.6 is 0 Å². The fourth-order valence-corrected chi connectivity index (χ4v) is 2.39.